The lowest BCUT2D eigenvalue weighted by atomic mass is 10.1. The molecule has 1 atom stereocenters. The van der Waals surface area contributed by atoms with Gasteiger partial charge in [-0.25, -0.2) is 9.59 Å². The highest BCUT2D eigenvalue weighted by molar-refractivity contribution is 6.31. The Labute approximate surface area is 164 Å². The van der Waals surface area contributed by atoms with Gasteiger partial charge in [0.1, 0.15) is 5.56 Å². The Kier molecular flexibility index (Phi) is 6.19. The molecule has 9 nitrogen and oxygen atoms in total. The molecule has 0 saturated carbocycles. The van der Waals surface area contributed by atoms with Gasteiger partial charge in [0.25, 0.3) is 5.69 Å². The van der Waals surface area contributed by atoms with Crippen LogP contribution in [0.2, 0.25) is 5.02 Å². The second-order valence-electron chi connectivity index (χ2n) is 5.95. The van der Waals surface area contributed by atoms with E-state index in [1.807, 2.05) is 0 Å². The molecule has 0 amide bonds. The van der Waals surface area contributed by atoms with Crippen LogP contribution >= 0.6 is 11.6 Å². The fourth-order valence-electron chi connectivity index (χ4n) is 2.72. The molecule has 0 radical (unpaired) electrons. The summed E-state index contributed by atoms with van der Waals surface area (Å²) in [4.78, 5) is 50.0. The number of hydrogen-bond donors (Lipinski definition) is 1. The normalized spacial score (nSPS) is 11.6. The van der Waals surface area contributed by atoms with Crippen molar-refractivity contribution in [3.05, 3.63) is 61.4 Å². The van der Waals surface area contributed by atoms with Gasteiger partial charge in [0.15, 0.2) is 6.10 Å². The number of carbonyl (C=O) groups excluding carboxylic acids is 3. The number of nitro groups is 1. The SMILES string of the molecule is COC(=O)c1c(C)[nH]c(C(=O)C(C)OC(=O)c2cc(Cl)ccc2[N+](=O)[O-])c1C. The van der Waals surface area contributed by atoms with E-state index in [4.69, 9.17) is 16.3 Å². The number of H-pyrrole nitrogens is 1. The summed E-state index contributed by atoms with van der Waals surface area (Å²) in [6.07, 6.45) is -1.27. The van der Waals surface area contributed by atoms with Crippen LogP contribution in [0, 0.1) is 24.0 Å². The second-order valence-corrected chi connectivity index (χ2v) is 6.38. The van der Waals surface area contributed by atoms with E-state index >= 15 is 0 Å². The average Bonchev–Trinajstić information content (AvgIpc) is 2.94. The molecular formula is C18H17ClN2O7. The molecular weight excluding hydrogens is 392 g/mol. The van der Waals surface area contributed by atoms with Crippen molar-refractivity contribution in [1.29, 1.82) is 0 Å². The highest BCUT2D eigenvalue weighted by atomic mass is 35.5. The van der Waals surface area contributed by atoms with Gasteiger partial charge in [0.2, 0.25) is 5.78 Å². The zero-order valence-electron chi connectivity index (χ0n) is 15.5. The molecule has 1 aromatic heterocycles. The quantitative estimate of drug-likeness (QED) is 0.335. The van der Waals surface area contributed by atoms with Gasteiger partial charge in [0.05, 0.1) is 23.3 Å². The Hall–Kier alpha value is -3.20. The number of aromatic amines is 1. The largest absolute Gasteiger partial charge is 0.465 e. The molecule has 0 spiro atoms. The number of ether oxygens (including phenoxy) is 2. The molecule has 28 heavy (non-hydrogen) atoms. The Balaban J connectivity index is 2.29. The third-order valence-corrected chi connectivity index (χ3v) is 4.34. The van der Waals surface area contributed by atoms with Crippen LogP contribution in [0.4, 0.5) is 5.69 Å². The van der Waals surface area contributed by atoms with Crippen molar-refractivity contribution < 1.29 is 28.8 Å². The van der Waals surface area contributed by atoms with Gasteiger partial charge in [-0.1, -0.05) is 11.6 Å². The van der Waals surface area contributed by atoms with Crippen LogP contribution < -0.4 is 0 Å². The molecule has 0 bridgehead atoms. The summed E-state index contributed by atoms with van der Waals surface area (Å²) in [7, 11) is 1.22. The van der Waals surface area contributed by atoms with Gasteiger partial charge in [-0.15, -0.1) is 0 Å². The molecule has 2 aromatic rings. The summed E-state index contributed by atoms with van der Waals surface area (Å²) in [5, 5.41) is 11.2. The van der Waals surface area contributed by atoms with Crippen LogP contribution in [0.3, 0.4) is 0 Å². The summed E-state index contributed by atoms with van der Waals surface area (Å²) in [6, 6.07) is 3.44. The predicted molar refractivity (Wildman–Crippen MR) is 98.9 cm³/mol. The van der Waals surface area contributed by atoms with Crippen LogP contribution in [0.1, 0.15) is 49.4 Å². The van der Waals surface area contributed by atoms with Gasteiger partial charge >= 0.3 is 11.9 Å². The third-order valence-electron chi connectivity index (χ3n) is 4.10. The van der Waals surface area contributed by atoms with Gasteiger partial charge in [-0.3, -0.25) is 14.9 Å². The fourth-order valence-corrected chi connectivity index (χ4v) is 2.89. The van der Waals surface area contributed by atoms with Gasteiger partial charge in [-0.2, -0.15) is 0 Å². The van der Waals surface area contributed by atoms with Crippen molar-refractivity contribution in [3.8, 4) is 0 Å². The first kappa shape index (κ1) is 21.1. The number of esters is 2. The molecule has 148 valence electrons. The maximum atomic E-state index is 12.7. The van der Waals surface area contributed by atoms with Crippen LogP contribution in [0.15, 0.2) is 18.2 Å². The van der Waals surface area contributed by atoms with Crippen LogP contribution in [-0.4, -0.2) is 40.8 Å². The topological polar surface area (TPSA) is 129 Å². The minimum atomic E-state index is -1.27. The van der Waals surface area contributed by atoms with Crippen molar-refractivity contribution in [1.82, 2.24) is 4.98 Å². The van der Waals surface area contributed by atoms with E-state index in [9.17, 15) is 24.5 Å². The van der Waals surface area contributed by atoms with Crippen LogP contribution in [0.25, 0.3) is 0 Å². The molecule has 0 fully saturated rings. The number of nitro benzene ring substituents is 1. The zero-order valence-corrected chi connectivity index (χ0v) is 16.2. The van der Waals surface area contributed by atoms with E-state index in [2.05, 4.69) is 9.72 Å². The first-order valence-electron chi connectivity index (χ1n) is 8.05. The van der Waals surface area contributed by atoms with E-state index in [1.165, 1.54) is 20.1 Å². The van der Waals surface area contributed by atoms with Crippen molar-refractivity contribution in [2.45, 2.75) is 26.9 Å². The van der Waals surface area contributed by atoms with Gasteiger partial charge in [-0.05, 0) is 38.5 Å². The number of methoxy groups -OCH3 is 1. The molecule has 0 aliphatic carbocycles. The van der Waals surface area contributed by atoms with E-state index in [0.29, 0.717) is 11.3 Å². The molecule has 10 heteroatoms. The molecule has 1 N–H and O–H groups in total. The van der Waals surface area contributed by atoms with Gasteiger partial charge in [0, 0.05) is 16.8 Å². The predicted octanol–water partition coefficient (Wildman–Crippen LogP) is 3.41. The number of Topliss-reactive ketones (excluding diaryl/α,β-unsaturated/α-hetero) is 1. The fraction of sp³-hybridized carbons (Fsp3) is 0.278. The minimum Gasteiger partial charge on any atom is -0.465 e. The number of benzene rings is 1. The van der Waals surface area contributed by atoms with Crippen molar-refractivity contribution in [3.63, 3.8) is 0 Å². The number of rotatable bonds is 6. The molecule has 2 rings (SSSR count). The van der Waals surface area contributed by atoms with E-state index < -0.39 is 34.4 Å². The van der Waals surface area contributed by atoms with Crippen molar-refractivity contribution in [2.75, 3.05) is 7.11 Å². The number of nitrogens with one attached hydrogen (secondary N) is 1. The minimum absolute atomic E-state index is 0.0822. The van der Waals surface area contributed by atoms with E-state index in [1.54, 1.807) is 13.8 Å². The maximum absolute atomic E-state index is 12.7. The number of aryl methyl sites for hydroxylation is 1. The maximum Gasteiger partial charge on any atom is 0.345 e. The Morgan fingerprint density at radius 1 is 1.21 bits per heavy atom. The standard InChI is InChI=1S/C18H17ClN2O7/c1-8-14(18(24)27-4)9(2)20-15(8)16(22)10(3)28-17(23)12-7-11(19)5-6-13(12)21(25)26/h5-7,10,20H,1-4H3. The summed E-state index contributed by atoms with van der Waals surface area (Å²) < 4.78 is 9.79. The number of ketones is 1. The Bertz CT molecular complexity index is 981. The number of halogens is 1. The summed E-state index contributed by atoms with van der Waals surface area (Å²) in [5.74, 6) is -2.28. The lowest BCUT2D eigenvalue weighted by Gasteiger charge is -2.12. The summed E-state index contributed by atoms with van der Waals surface area (Å²) in [5.41, 5.74) is 0.219. The number of aromatic nitrogens is 1. The van der Waals surface area contributed by atoms with Gasteiger partial charge < -0.3 is 14.5 Å². The zero-order chi connectivity index (χ0) is 21.2. The molecule has 1 unspecified atom stereocenters. The van der Waals surface area contributed by atoms with E-state index in [-0.39, 0.29) is 21.8 Å². The number of hydrogen-bond acceptors (Lipinski definition) is 7. The third kappa shape index (κ3) is 4.04. The lowest BCUT2D eigenvalue weighted by molar-refractivity contribution is -0.385. The number of carbonyl (C=O) groups is 3. The Morgan fingerprint density at radius 2 is 1.86 bits per heavy atom. The van der Waals surface area contributed by atoms with Crippen molar-refractivity contribution >= 4 is 35.0 Å². The van der Waals surface area contributed by atoms with Crippen molar-refractivity contribution in [2.24, 2.45) is 0 Å². The summed E-state index contributed by atoms with van der Waals surface area (Å²) >= 11 is 5.80. The average molecular weight is 409 g/mol. The molecule has 0 aliphatic rings. The highest BCUT2D eigenvalue weighted by Crippen LogP contribution is 2.25. The molecule has 0 saturated heterocycles. The lowest BCUT2D eigenvalue weighted by Crippen LogP contribution is -2.25. The van der Waals surface area contributed by atoms with Crippen LogP contribution in [-0.2, 0) is 9.47 Å². The Morgan fingerprint density at radius 3 is 2.43 bits per heavy atom. The number of nitrogens with zero attached hydrogens (tertiary/aromatic N) is 1. The molecule has 0 aliphatic heterocycles. The van der Waals surface area contributed by atoms with E-state index in [0.717, 1.165) is 12.1 Å². The van der Waals surface area contributed by atoms with Crippen LogP contribution in [0.5, 0.6) is 0 Å². The monoisotopic (exact) mass is 408 g/mol. The molecule has 1 heterocycles. The first-order chi connectivity index (χ1) is 13.1. The smallest absolute Gasteiger partial charge is 0.345 e. The highest BCUT2D eigenvalue weighted by Gasteiger charge is 2.29. The summed E-state index contributed by atoms with van der Waals surface area (Å²) in [6.45, 7) is 4.48. The first-order valence-corrected chi connectivity index (χ1v) is 8.42. The molecule has 1 aromatic carbocycles. The second kappa shape index (κ2) is 8.22.